The van der Waals surface area contributed by atoms with E-state index < -0.39 is 6.10 Å². The molecule has 0 aromatic rings. The van der Waals surface area contributed by atoms with E-state index in [2.05, 4.69) is 63.3 Å². The minimum absolute atomic E-state index is 0.123. The van der Waals surface area contributed by atoms with Crippen LogP contribution in [0.15, 0.2) is 97.2 Å². The Morgan fingerprint density at radius 2 is 0.865 bits per heavy atom. The van der Waals surface area contributed by atoms with E-state index in [0.717, 1.165) is 77.0 Å². The summed E-state index contributed by atoms with van der Waals surface area (Å²) in [5, 5.41) is 0. The number of allylic oxidation sites excluding steroid dienone is 16. The van der Waals surface area contributed by atoms with Gasteiger partial charge in [0.25, 0.3) is 0 Å². The van der Waals surface area contributed by atoms with Crippen LogP contribution in [0.25, 0.3) is 0 Å². The third kappa shape index (κ3) is 37.6. The first-order valence-electron chi connectivity index (χ1n) is 20.3. The van der Waals surface area contributed by atoms with Crippen molar-refractivity contribution in [3.05, 3.63) is 97.2 Å². The predicted molar refractivity (Wildman–Crippen MR) is 219 cm³/mol. The van der Waals surface area contributed by atoms with Crippen molar-refractivity contribution >= 4 is 17.9 Å². The van der Waals surface area contributed by atoms with Gasteiger partial charge in [-0.05, 0) is 83.5 Å². The van der Waals surface area contributed by atoms with Crippen molar-refractivity contribution in [3.63, 3.8) is 0 Å². The van der Waals surface area contributed by atoms with E-state index in [0.29, 0.717) is 19.3 Å². The van der Waals surface area contributed by atoms with Gasteiger partial charge in [-0.2, -0.15) is 0 Å². The lowest BCUT2D eigenvalue weighted by atomic mass is 10.1. The molecule has 0 amide bonds. The number of unbranched alkanes of at least 4 members (excludes halogenated alkanes) is 11. The molecule has 52 heavy (non-hydrogen) atoms. The number of carbonyl (C=O) groups is 3. The summed E-state index contributed by atoms with van der Waals surface area (Å²) >= 11 is 0. The SMILES string of the molecule is CC\C=C/C=C\C=C/C=C\C=C/CCCC(=O)OCC(COC(=O)CCCC/C=C\C/C=C\CC)OC(=O)CCCCCCC/C=C\CCCCC. The molecule has 0 spiro atoms. The summed E-state index contributed by atoms with van der Waals surface area (Å²) < 4.78 is 16.5. The second kappa shape index (κ2) is 40.1. The molecule has 0 aliphatic heterocycles. The number of ether oxygens (including phenoxy) is 3. The van der Waals surface area contributed by atoms with Crippen LogP contribution in [0, 0.1) is 0 Å². The summed E-state index contributed by atoms with van der Waals surface area (Å²) in [5.74, 6) is -1.06. The molecule has 0 heterocycles. The average molecular weight is 721 g/mol. The molecule has 0 saturated carbocycles. The van der Waals surface area contributed by atoms with Gasteiger partial charge in [0, 0.05) is 19.3 Å². The predicted octanol–water partition coefficient (Wildman–Crippen LogP) is 12.7. The molecule has 0 fully saturated rings. The zero-order valence-electron chi connectivity index (χ0n) is 33.0. The lowest BCUT2D eigenvalue weighted by molar-refractivity contribution is -0.167. The summed E-state index contributed by atoms with van der Waals surface area (Å²) in [7, 11) is 0. The van der Waals surface area contributed by atoms with Crippen LogP contribution < -0.4 is 0 Å². The van der Waals surface area contributed by atoms with Crippen molar-refractivity contribution in [2.24, 2.45) is 0 Å². The van der Waals surface area contributed by atoms with Crippen molar-refractivity contribution in [1.82, 2.24) is 0 Å². The Balaban J connectivity index is 4.57. The highest BCUT2D eigenvalue weighted by atomic mass is 16.6. The summed E-state index contributed by atoms with van der Waals surface area (Å²) in [6, 6.07) is 0. The van der Waals surface area contributed by atoms with Gasteiger partial charge in [0.05, 0.1) is 0 Å². The Labute approximate surface area is 317 Å². The van der Waals surface area contributed by atoms with Crippen LogP contribution in [0.4, 0.5) is 0 Å². The number of hydrogen-bond acceptors (Lipinski definition) is 6. The topological polar surface area (TPSA) is 78.9 Å². The van der Waals surface area contributed by atoms with Gasteiger partial charge in [0.15, 0.2) is 6.10 Å². The third-order valence-electron chi connectivity index (χ3n) is 7.93. The van der Waals surface area contributed by atoms with Crippen molar-refractivity contribution in [2.45, 2.75) is 162 Å². The standard InChI is InChI=1S/C46H72O6/c1-4-7-10-13-16-19-21-23-25-27-30-33-36-39-45(48)51-42-43(41-50-44(47)38-35-32-29-26-18-15-12-9-6-3)52-46(49)40-37-34-31-28-24-22-20-17-14-11-8-5-2/h7,9-10,12-13,16-21,23,25-27,30,43H,4-6,8,11,14-15,22,24,28-29,31-42H2,1-3H3/b10-7-,12-9-,16-13-,20-17-,21-19-,25-23-,26-18-,30-27-. The third-order valence-corrected chi connectivity index (χ3v) is 7.93. The summed E-state index contributed by atoms with van der Waals surface area (Å²) in [5.41, 5.74) is 0. The van der Waals surface area contributed by atoms with Gasteiger partial charge in [-0.25, -0.2) is 0 Å². The molecule has 0 radical (unpaired) electrons. The Kier molecular flexibility index (Phi) is 37.3. The molecule has 6 heteroatoms. The smallest absolute Gasteiger partial charge is 0.306 e. The van der Waals surface area contributed by atoms with Crippen molar-refractivity contribution in [1.29, 1.82) is 0 Å². The number of esters is 3. The zero-order chi connectivity index (χ0) is 38.0. The van der Waals surface area contributed by atoms with E-state index in [4.69, 9.17) is 14.2 Å². The van der Waals surface area contributed by atoms with E-state index in [9.17, 15) is 14.4 Å². The first-order chi connectivity index (χ1) is 25.5. The highest BCUT2D eigenvalue weighted by molar-refractivity contribution is 5.71. The molecular formula is C46H72O6. The van der Waals surface area contributed by atoms with Gasteiger partial charge < -0.3 is 14.2 Å². The fourth-order valence-corrected chi connectivity index (χ4v) is 4.91. The second-order valence-corrected chi connectivity index (χ2v) is 12.9. The molecule has 0 rings (SSSR count). The molecule has 6 nitrogen and oxygen atoms in total. The molecule has 0 aliphatic rings. The highest BCUT2D eigenvalue weighted by Crippen LogP contribution is 2.11. The average Bonchev–Trinajstić information content (AvgIpc) is 3.14. The van der Waals surface area contributed by atoms with Crippen molar-refractivity contribution in [2.75, 3.05) is 13.2 Å². The zero-order valence-corrected chi connectivity index (χ0v) is 33.0. The second-order valence-electron chi connectivity index (χ2n) is 12.9. The van der Waals surface area contributed by atoms with Crippen molar-refractivity contribution < 1.29 is 28.6 Å². The van der Waals surface area contributed by atoms with Gasteiger partial charge in [0.1, 0.15) is 13.2 Å². The molecule has 1 unspecified atom stereocenters. The lowest BCUT2D eigenvalue weighted by Crippen LogP contribution is -2.30. The van der Waals surface area contributed by atoms with Crippen molar-refractivity contribution in [3.8, 4) is 0 Å². The van der Waals surface area contributed by atoms with E-state index >= 15 is 0 Å². The van der Waals surface area contributed by atoms with Crippen LogP contribution in [0.2, 0.25) is 0 Å². The molecule has 0 bridgehead atoms. The Morgan fingerprint density at radius 1 is 0.423 bits per heavy atom. The normalized spacial score (nSPS) is 13.1. The van der Waals surface area contributed by atoms with Crippen LogP contribution in [-0.4, -0.2) is 37.2 Å². The number of rotatable bonds is 34. The first-order valence-corrected chi connectivity index (χ1v) is 20.3. The maximum Gasteiger partial charge on any atom is 0.306 e. The largest absolute Gasteiger partial charge is 0.462 e. The number of hydrogen-bond donors (Lipinski definition) is 0. The fraction of sp³-hybridized carbons (Fsp3) is 0.587. The Morgan fingerprint density at radius 3 is 1.50 bits per heavy atom. The van der Waals surface area contributed by atoms with Gasteiger partial charge in [-0.3, -0.25) is 14.4 Å². The van der Waals surface area contributed by atoms with E-state index in [1.54, 1.807) is 0 Å². The lowest BCUT2D eigenvalue weighted by Gasteiger charge is -2.18. The molecular weight excluding hydrogens is 648 g/mol. The summed E-state index contributed by atoms with van der Waals surface area (Å²) in [6.45, 7) is 6.19. The fourth-order valence-electron chi connectivity index (χ4n) is 4.91. The Hall–Kier alpha value is -3.67. The van der Waals surface area contributed by atoms with Crippen LogP contribution in [0.1, 0.15) is 156 Å². The van der Waals surface area contributed by atoms with Gasteiger partial charge in [-0.1, -0.05) is 150 Å². The Bertz CT molecular complexity index is 1100. The quantitative estimate of drug-likeness (QED) is 0.0216. The van der Waals surface area contributed by atoms with E-state index in [1.807, 2.05) is 54.7 Å². The minimum Gasteiger partial charge on any atom is -0.462 e. The van der Waals surface area contributed by atoms with Gasteiger partial charge in [0.2, 0.25) is 0 Å². The van der Waals surface area contributed by atoms with E-state index in [-0.39, 0.29) is 37.5 Å². The maximum absolute atomic E-state index is 12.6. The van der Waals surface area contributed by atoms with Gasteiger partial charge in [-0.15, -0.1) is 0 Å². The molecule has 0 aromatic heterocycles. The monoisotopic (exact) mass is 721 g/mol. The summed E-state index contributed by atoms with van der Waals surface area (Å²) in [4.78, 5) is 37.5. The molecule has 0 aliphatic carbocycles. The maximum atomic E-state index is 12.6. The molecule has 0 aromatic carbocycles. The molecule has 0 saturated heterocycles. The minimum atomic E-state index is -0.820. The summed E-state index contributed by atoms with van der Waals surface area (Å²) in [6.07, 6.45) is 51.2. The van der Waals surface area contributed by atoms with Gasteiger partial charge >= 0.3 is 17.9 Å². The van der Waals surface area contributed by atoms with Crippen LogP contribution >= 0.6 is 0 Å². The van der Waals surface area contributed by atoms with Crippen LogP contribution in [0.5, 0.6) is 0 Å². The van der Waals surface area contributed by atoms with Crippen LogP contribution in [-0.2, 0) is 28.6 Å². The molecule has 0 N–H and O–H groups in total. The molecule has 292 valence electrons. The highest BCUT2D eigenvalue weighted by Gasteiger charge is 2.19. The van der Waals surface area contributed by atoms with Crippen LogP contribution in [0.3, 0.4) is 0 Å². The number of carbonyl (C=O) groups excluding carboxylic acids is 3. The first kappa shape index (κ1) is 48.3. The van der Waals surface area contributed by atoms with E-state index in [1.165, 1.54) is 32.1 Å². The molecule has 1 atom stereocenters.